The average Bonchev–Trinajstić information content (AvgIpc) is 2.62. The van der Waals surface area contributed by atoms with Crippen molar-refractivity contribution in [1.82, 2.24) is 15.1 Å². The monoisotopic (exact) mass is 227 g/mol. The lowest BCUT2D eigenvalue weighted by Gasteiger charge is -2.23. The lowest BCUT2D eigenvalue weighted by Crippen LogP contribution is -2.37. The lowest BCUT2D eigenvalue weighted by atomic mass is 10.1. The van der Waals surface area contributed by atoms with E-state index in [0.29, 0.717) is 6.04 Å². The van der Waals surface area contributed by atoms with Gasteiger partial charge in [0, 0.05) is 11.6 Å². The predicted molar refractivity (Wildman–Crippen MR) is 62.3 cm³/mol. The number of hydrogen-bond donors (Lipinski definition) is 1. The van der Waals surface area contributed by atoms with Crippen LogP contribution >= 0.6 is 11.6 Å². The molecule has 1 unspecified atom stereocenters. The van der Waals surface area contributed by atoms with Gasteiger partial charge in [-0.05, 0) is 25.8 Å². The van der Waals surface area contributed by atoms with Crippen LogP contribution in [0.5, 0.6) is 0 Å². The maximum atomic E-state index is 6.22. The van der Waals surface area contributed by atoms with Gasteiger partial charge in [0.2, 0.25) is 0 Å². The van der Waals surface area contributed by atoms with E-state index in [0.717, 1.165) is 30.2 Å². The Balaban J connectivity index is 2.00. The van der Waals surface area contributed by atoms with Crippen LogP contribution in [0.15, 0.2) is 6.20 Å². The van der Waals surface area contributed by atoms with E-state index >= 15 is 0 Å². The van der Waals surface area contributed by atoms with Gasteiger partial charge in [0.25, 0.3) is 0 Å². The molecule has 1 aromatic rings. The van der Waals surface area contributed by atoms with Gasteiger partial charge in [0.15, 0.2) is 0 Å². The summed E-state index contributed by atoms with van der Waals surface area (Å²) in [5, 5.41) is 8.64. The van der Waals surface area contributed by atoms with Crippen LogP contribution in [0, 0.1) is 0 Å². The van der Waals surface area contributed by atoms with E-state index in [1.165, 1.54) is 19.3 Å². The van der Waals surface area contributed by atoms with Crippen molar-refractivity contribution in [2.45, 2.75) is 45.2 Å². The summed E-state index contributed by atoms with van der Waals surface area (Å²) in [5.41, 5.74) is 1.15. The van der Waals surface area contributed by atoms with E-state index in [2.05, 4.69) is 17.3 Å². The van der Waals surface area contributed by atoms with Crippen LogP contribution in [-0.4, -0.2) is 22.4 Å². The molecule has 4 heteroatoms. The maximum absolute atomic E-state index is 6.22. The summed E-state index contributed by atoms with van der Waals surface area (Å²) in [6.07, 6.45) is 6.68. The molecule has 1 atom stereocenters. The molecule has 0 amide bonds. The number of nitrogens with zero attached hydrogens (tertiary/aromatic N) is 2. The van der Waals surface area contributed by atoms with Gasteiger partial charge >= 0.3 is 0 Å². The fraction of sp³-hybridized carbons (Fsp3) is 0.727. The molecule has 15 heavy (non-hydrogen) atoms. The molecule has 0 spiro atoms. The van der Waals surface area contributed by atoms with Crippen molar-refractivity contribution in [3.63, 3.8) is 0 Å². The molecule has 0 bridgehead atoms. The first-order valence-electron chi connectivity index (χ1n) is 5.75. The second-order valence-electron chi connectivity index (χ2n) is 4.14. The highest BCUT2D eigenvalue weighted by atomic mass is 35.5. The summed E-state index contributed by atoms with van der Waals surface area (Å²) in [6, 6.07) is 0.542. The third kappa shape index (κ3) is 2.52. The van der Waals surface area contributed by atoms with E-state index in [9.17, 15) is 0 Å². The lowest BCUT2D eigenvalue weighted by molar-refractivity contribution is 0.351. The smallest absolute Gasteiger partial charge is 0.130 e. The topological polar surface area (TPSA) is 29.9 Å². The Morgan fingerprint density at radius 3 is 3.07 bits per heavy atom. The molecule has 1 aromatic heterocycles. The Kier molecular flexibility index (Phi) is 3.65. The van der Waals surface area contributed by atoms with Gasteiger partial charge in [0.1, 0.15) is 5.15 Å². The van der Waals surface area contributed by atoms with E-state index in [1.54, 1.807) is 0 Å². The van der Waals surface area contributed by atoms with Crippen molar-refractivity contribution in [3.8, 4) is 0 Å². The van der Waals surface area contributed by atoms with Gasteiger partial charge in [-0.15, -0.1) is 0 Å². The van der Waals surface area contributed by atoms with E-state index < -0.39 is 0 Å². The third-order valence-corrected chi connectivity index (χ3v) is 3.47. The minimum absolute atomic E-state index is 0.542. The molecular weight excluding hydrogens is 210 g/mol. The number of aromatic nitrogens is 2. The van der Waals surface area contributed by atoms with Gasteiger partial charge in [-0.2, -0.15) is 5.10 Å². The molecule has 1 aliphatic rings. The van der Waals surface area contributed by atoms with E-state index in [1.807, 2.05) is 10.9 Å². The quantitative estimate of drug-likeness (QED) is 0.859. The standard InChI is InChI=1S/C11H18ClN3/c1-2-9-7-14-15(11(9)12)8-10-5-3-4-6-13-10/h7,10,13H,2-6,8H2,1H3. The van der Waals surface area contributed by atoms with Crippen molar-refractivity contribution >= 4 is 11.6 Å². The highest BCUT2D eigenvalue weighted by Gasteiger charge is 2.15. The maximum Gasteiger partial charge on any atom is 0.130 e. The molecule has 2 heterocycles. The molecule has 1 fully saturated rings. The minimum Gasteiger partial charge on any atom is -0.312 e. The van der Waals surface area contributed by atoms with Gasteiger partial charge in [-0.1, -0.05) is 24.9 Å². The molecule has 1 saturated heterocycles. The second-order valence-corrected chi connectivity index (χ2v) is 4.50. The highest BCUT2D eigenvalue weighted by molar-refractivity contribution is 6.30. The first-order valence-corrected chi connectivity index (χ1v) is 6.12. The third-order valence-electron chi connectivity index (χ3n) is 3.03. The zero-order valence-electron chi connectivity index (χ0n) is 9.17. The molecule has 0 radical (unpaired) electrons. The summed E-state index contributed by atoms with van der Waals surface area (Å²) < 4.78 is 1.92. The van der Waals surface area contributed by atoms with Crippen LogP contribution in [0.25, 0.3) is 0 Å². The Hall–Kier alpha value is -0.540. The number of hydrogen-bond acceptors (Lipinski definition) is 2. The molecule has 1 aliphatic heterocycles. The molecule has 0 aromatic carbocycles. The summed E-state index contributed by atoms with van der Waals surface area (Å²) in [6.45, 7) is 4.13. The fourth-order valence-electron chi connectivity index (χ4n) is 2.06. The first kappa shape index (κ1) is 11.0. The predicted octanol–water partition coefficient (Wildman–Crippen LogP) is 2.24. The van der Waals surface area contributed by atoms with Crippen LogP contribution in [-0.2, 0) is 13.0 Å². The number of rotatable bonds is 3. The number of aryl methyl sites for hydroxylation is 1. The average molecular weight is 228 g/mol. The molecule has 2 rings (SSSR count). The van der Waals surface area contributed by atoms with Crippen molar-refractivity contribution in [2.24, 2.45) is 0 Å². The fourth-order valence-corrected chi connectivity index (χ4v) is 2.36. The van der Waals surface area contributed by atoms with Crippen LogP contribution in [0.3, 0.4) is 0 Å². The second kappa shape index (κ2) is 4.99. The molecule has 3 nitrogen and oxygen atoms in total. The van der Waals surface area contributed by atoms with E-state index in [4.69, 9.17) is 11.6 Å². The van der Waals surface area contributed by atoms with Crippen molar-refractivity contribution in [1.29, 1.82) is 0 Å². The normalized spacial score (nSPS) is 21.9. The van der Waals surface area contributed by atoms with Crippen molar-refractivity contribution in [3.05, 3.63) is 16.9 Å². The van der Waals surface area contributed by atoms with Crippen molar-refractivity contribution < 1.29 is 0 Å². The van der Waals surface area contributed by atoms with Crippen LogP contribution in [0.4, 0.5) is 0 Å². The molecule has 84 valence electrons. The van der Waals surface area contributed by atoms with E-state index in [-0.39, 0.29) is 0 Å². The minimum atomic E-state index is 0.542. The van der Waals surface area contributed by atoms with Gasteiger partial charge in [-0.25, -0.2) is 0 Å². The largest absolute Gasteiger partial charge is 0.312 e. The van der Waals surface area contributed by atoms with Gasteiger partial charge in [0.05, 0.1) is 12.7 Å². The first-order chi connectivity index (χ1) is 7.31. The summed E-state index contributed by atoms with van der Waals surface area (Å²) >= 11 is 6.22. The Morgan fingerprint density at radius 2 is 2.47 bits per heavy atom. The van der Waals surface area contributed by atoms with Crippen molar-refractivity contribution in [2.75, 3.05) is 6.54 Å². The molecule has 0 aliphatic carbocycles. The molecule has 1 N–H and O–H groups in total. The summed E-state index contributed by atoms with van der Waals surface area (Å²) in [5.74, 6) is 0. The highest BCUT2D eigenvalue weighted by Crippen LogP contribution is 2.17. The molecule has 0 saturated carbocycles. The zero-order chi connectivity index (χ0) is 10.7. The van der Waals surface area contributed by atoms with Crippen LogP contribution in [0.1, 0.15) is 31.7 Å². The Bertz CT molecular complexity index is 316. The van der Waals surface area contributed by atoms with Gasteiger partial charge in [-0.3, -0.25) is 4.68 Å². The SMILES string of the molecule is CCc1cnn(CC2CCCCN2)c1Cl. The van der Waals surface area contributed by atoms with Crippen LogP contribution < -0.4 is 5.32 Å². The van der Waals surface area contributed by atoms with Crippen LogP contribution in [0.2, 0.25) is 5.15 Å². The zero-order valence-corrected chi connectivity index (χ0v) is 9.93. The Labute approximate surface area is 95.8 Å². The molecular formula is C11H18ClN3. The number of nitrogens with one attached hydrogen (secondary N) is 1. The summed E-state index contributed by atoms with van der Waals surface area (Å²) in [7, 11) is 0. The summed E-state index contributed by atoms with van der Waals surface area (Å²) in [4.78, 5) is 0. The number of halogens is 1. The Morgan fingerprint density at radius 1 is 1.60 bits per heavy atom. The number of piperidine rings is 1. The van der Waals surface area contributed by atoms with Gasteiger partial charge < -0.3 is 5.32 Å².